The van der Waals surface area contributed by atoms with Gasteiger partial charge in [-0.25, -0.2) is 0 Å². The fourth-order valence-electron chi connectivity index (χ4n) is 1.33. The van der Waals surface area contributed by atoms with Crippen molar-refractivity contribution >= 4 is 5.91 Å². The largest absolute Gasteiger partial charge is 0.391 e. The second-order valence-corrected chi connectivity index (χ2v) is 4.03. The highest BCUT2D eigenvalue weighted by molar-refractivity contribution is 5.78. The number of carbonyl (C=O) groups is 1. The molecule has 0 spiro atoms. The first-order valence-electron chi connectivity index (χ1n) is 5.62. The molecule has 0 fully saturated rings. The van der Waals surface area contributed by atoms with Crippen LogP contribution in [0.2, 0.25) is 0 Å². The maximum Gasteiger partial charge on any atom is 0.224 e. The summed E-state index contributed by atoms with van der Waals surface area (Å²) in [6.45, 7) is 4.24. The second-order valence-electron chi connectivity index (χ2n) is 4.03. The van der Waals surface area contributed by atoms with Crippen molar-refractivity contribution in [3.63, 3.8) is 0 Å². The lowest BCUT2D eigenvalue weighted by molar-refractivity contribution is -0.120. The Hall–Kier alpha value is -1.35. The Balaban J connectivity index is 2.37. The maximum absolute atomic E-state index is 11.5. The van der Waals surface area contributed by atoms with Crippen LogP contribution in [-0.4, -0.2) is 23.7 Å². The Kier molecular flexibility index (Phi) is 4.99. The van der Waals surface area contributed by atoms with E-state index in [9.17, 15) is 9.90 Å². The van der Waals surface area contributed by atoms with Crippen molar-refractivity contribution in [2.24, 2.45) is 0 Å². The summed E-state index contributed by atoms with van der Waals surface area (Å²) in [5.74, 6) is -0.0450. The summed E-state index contributed by atoms with van der Waals surface area (Å²) in [4.78, 5) is 11.5. The third-order valence-electron chi connectivity index (χ3n) is 2.49. The van der Waals surface area contributed by atoms with Crippen molar-refractivity contribution in [2.45, 2.75) is 32.8 Å². The van der Waals surface area contributed by atoms with E-state index in [1.54, 1.807) is 0 Å². The highest BCUT2D eigenvalue weighted by Crippen LogP contribution is 2.03. The van der Waals surface area contributed by atoms with Gasteiger partial charge in [0.15, 0.2) is 0 Å². The molecular weight excluding hydrogens is 202 g/mol. The molecule has 0 aliphatic rings. The average molecular weight is 221 g/mol. The molecule has 1 aromatic carbocycles. The highest BCUT2D eigenvalue weighted by atomic mass is 16.3. The molecule has 0 bridgehead atoms. The van der Waals surface area contributed by atoms with Crippen LogP contribution in [0.5, 0.6) is 0 Å². The van der Waals surface area contributed by atoms with Crippen LogP contribution in [0.4, 0.5) is 0 Å². The van der Waals surface area contributed by atoms with E-state index < -0.39 is 6.10 Å². The van der Waals surface area contributed by atoms with Gasteiger partial charge in [0, 0.05) is 6.54 Å². The molecule has 3 nitrogen and oxygen atoms in total. The van der Waals surface area contributed by atoms with Gasteiger partial charge in [-0.1, -0.05) is 36.8 Å². The van der Waals surface area contributed by atoms with E-state index in [4.69, 9.17) is 0 Å². The smallest absolute Gasteiger partial charge is 0.224 e. The summed E-state index contributed by atoms with van der Waals surface area (Å²) in [6, 6.07) is 7.88. The number of carbonyl (C=O) groups excluding carboxylic acids is 1. The molecule has 1 rings (SSSR count). The summed E-state index contributed by atoms with van der Waals surface area (Å²) in [7, 11) is 0. The molecule has 0 aliphatic heterocycles. The SMILES string of the molecule is CCC(O)CNC(=O)Cc1ccc(C)cc1. The molecule has 0 heterocycles. The predicted octanol–water partition coefficient (Wildman–Crippen LogP) is 1.42. The van der Waals surface area contributed by atoms with E-state index in [2.05, 4.69) is 5.32 Å². The lowest BCUT2D eigenvalue weighted by Gasteiger charge is -2.09. The number of benzene rings is 1. The molecule has 0 aliphatic carbocycles. The van der Waals surface area contributed by atoms with Crippen LogP contribution in [-0.2, 0) is 11.2 Å². The quantitative estimate of drug-likeness (QED) is 0.790. The first kappa shape index (κ1) is 12.7. The first-order chi connectivity index (χ1) is 7.61. The van der Waals surface area contributed by atoms with Crippen LogP contribution in [0, 0.1) is 6.92 Å². The van der Waals surface area contributed by atoms with Crippen LogP contribution < -0.4 is 5.32 Å². The monoisotopic (exact) mass is 221 g/mol. The predicted molar refractivity (Wildman–Crippen MR) is 64.2 cm³/mol. The fourth-order valence-corrected chi connectivity index (χ4v) is 1.33. The molecule has 1 amide bonds. The maximum atomic E-state index is 11.5. The molecule has 1 unspecified atom stereocenters. The van der Waals surface area contributed by atoms with Crippen molar-refractivity contribution in [3.8, 4) is 0 Å². The second kappa shape index (κ2) is 6.28. The van der Waals surface area contributed by atoms with Gasteiger partial charge in [0.2, 0.25) is 5.91 Å². The van der Waals surface area contributed by atoms with Gasteiger partial charge in [-0.3, -0.25) is 4.79 Å². The number of aliphatic hydroxyl groups excluding tert-OH is 1. The van der Waals surface area contributed by atoms with Crippen LogP contribution in [0.1, 0.15) is 24.5 Å². The number of amides is 1. The zero-order valence-corrected chi connectivity index (χ0v) is 9.86. The van der Waals surface area contributed by atoms with E-state index in [-0.39, 0.29) is 5.91 Å². The van der Waals surface area contributed by atoms with Crippen molar-refractivity contribution in [3.05, 3.63) is 35.4 Å². The standard InChI is InChI=1S/C13H19NO2/c1-3-12(15)9-14-13(16)8-11-6-4-10(2)5-7-11/h4-7,12,15H,3,8-9H2,1-2H3,(H,14,16). The Morgan fingerprint density at radius 2 is 2.00 bits per heavy atom. The van der Waals surface area contributed by atoms with Gasteiger partial charge in [0.25, 0.3) is 0 Å². The van der Waals surface area contributed by atoms with Gasteiger partial charge in [-0.2, -0.15) is 0 Å². The molecule has 0 aromatic heterocycles. The Morgan fingerprint density at radius 1 is 1.38 bits per heavy atom. The summed E-state index contributed by atoms with van der Waals surface area (Å²) in [5.41, 5.74) is 2.18. The van der Waals surface area contributed by atoms with Gasteiger partial charge in [0.05, 0.1) is 12.5 Å². The molecule has 1 aromatic rings. The molecule has 2 N–H and O–H groups in total. The number of rotatable bonds is 5. The van der Waals surface area contributed by atoms with E-state index >= 15 is 0 Å². The molecular formula is C13H19NO2. The highest BCUT2D eigenvalue weighted by Gasteiger charge is 2.05. The van der Waals surface area contributed by atoms with E-state index in [1.807, 2.05) is 38.1 Å². The zero-order chi connectivity index (χ0) is 12.0. The third kappa shape index (κ3) is 4.45. The Bertz CT molecular complexity index is 332. The van der Waals surface area contributed by atoms with Crippen molar-refractivity contribution < 1.29 is 9.90 Å². The minimum absolute atomic E-state index is 0.0450. The van der Waals surface area contributed by atoms with Crippen LogP contribution in [0.15, 0.2) is 24.3 Å². The molecule has 0 saturated heterocycles. The normalized spacial score (nSPS) is 12.2. The van der Waals surface area contributed by atoms with E-state index in [1.165, 1.54) is 5.56 Å². The number of hydrogen-bond donors (Lipinski definition) is 2. The summed E-state index contributed by atoms with van der Waals surface area (Å²) < 4.78 is 0. The molecule has 88 valence electrons. The third-order valence-corrected chi connectivity index (χ3v) is 2.49. The summed E-state index contributed by atoms with van der Waals surface area (Å²) >= 11 is 0. The lowest BCUT2D eigenvalue weighted by Crippen LogP contribution is -2.32. The minimum atomic E-state index is -0.443. The van der Waals surface area contributed by atoms with E-state index in [0.29, 0.717) is 19.4 Å². The molecule has 3 heteroatoms. The van der Waals surface area contributed by atoms with Gasteiger partial charge in [-0.15, -0.1) is 0 Å². The average Bonchev–Trinajstić information content (AvgIpc) is 2.29. The molecule has 1 atom stereocenters. The van der Waals surface area contributed by atoms with Gasteiger partial charge < -0.3 is 10.4 Å². The Labute approximate surface area is 96.5 Å². The minimum Gasteiger partial charge on any atom is -0.391 e. The molecule has 16 heavy (non-hydrogen) atoms. The lowest BCUT2D eigenvalue weighted by atomic mass is 10.1. The van der Waals surface area contributed by atoms with Crippen molar-refractivity contribution in [2.75, 3.05) is 6.54 Å². The summed E-state index contributed by atoms with van der Waals surface area (Å²) in [5, 5.41) is 12.0. The van der Waals surface area contributed by atoms with Crippen LogP contribution in [0.25, 0.3) is 0 Å². The van der Waals surface area contributed by atoms with E-state index in [0.717, 1.165) is 5.56 Å². The van der Waals surface area contributed by atoms with Gasteiger partial charge >= 0.3 is 0 Å². The Morgan fingerprint density at radius 3 is 2.56 bits per heavy atom. The van der Waals surface area contributed by atoms with Crippen molar-refractivity contribution in [1.29, 1.82) is 0 Å². The summed E-state index contributed by atoms with van der Waals surface area (Å²) in [6.07, 6.45) is 0.587. The zero-order valence-electron chi connectivity index (χ0n) is 9.86. The van der Waals surface area contributed by atoms with Gasteiger partial charge in [0.1, 0.15) is 0 Å². The van der Waals surface area contributed by atoms with Gasteiger partial charge in [-0.05, 0) is 18.9 Å². The number of hydrogen-bond acceptors (Lipinski definition) is 2. The van der Waals surface area contributed by atoms with Crippen molar-refractivity contribution in [1.82, 2.24) is 5.32 Å². The topological polar surface area (TPSA) is 49.3 Å². The number of aliphatic hydroxyl groups is 1. The number of aryl methyl sites for hydroxylation is 1. The molecule has 0 radical (unpaired) electrons. The van der Waals surface area contributed by atoms with Crippen LogP contribution >= 0.6 is 0 Å². The number of nitrogens with one attached hydrogen (secondary N) is 1. The molecule has 0 saturated carbocycles. The van der Waals surface area contributed by atoms with Crippen LogP contribution in [0.3, 0.4) is 0 Å². The first-order valence-corrected chi connectivity index (χ1v) is 5.62. The fraction of sp³-hybridized carbons (Fsp3) is 0.462.